The minimum absolute atomic E-state index is 0.0442. The van der Waals surface area contributed by atoms with Gasteiger partial charge in [0.2, 0.25) is 11.8 Å². The fraction of sp³-hybridized carbons (Fsp3) is 0.429. The summed E-state index contributed by atoms with van der Waals surface area (Å²) in [5, 5.41) is 5.23. The molecular weight excluding hydrogens is 247 g/mol. The van der Waals surface area contributed by atoms with Gasteiger partial charge in [0.25, 0.3) is 0 Å². The lowest BCUT2D eigenvalue weighted by atomic mass is 10.2. The van der Waals surface area contributed by atoms with Crippen molar-refractivity contribution in [1.82, 2.24) is 5.32 Å². The van der Waals surface area contributed by atoms with E-state index in [9.17, 15) is 14.0 Å². The number of carbonyl (C=O) groups is 2. The first-order valence-corrected chi connectivity index (χ1v) is 6.38. The quantitative estimate of drug-likeness (QED) is 0.745. The molecule has 104 valence electrons. The van der Waals surface area contributed by atoms with Crippen LogP contribution in [-0.4, -0.2) is 18.4 Å². The van der Waals surface area contributed by atoms with Crippen LogP contribution in [0.5, 0.6) is 0 Å². The number of hydrogen-bond donors (Lipinski definition) is 2. The number of nitrogens with one attached hydrogen (secondary N) is 2. The van der Waals surface area contributed by atoms with Crippen LogP contribution in [0, 0.1) is 5.82 Å². The summed E-state index contributed by atoms with van der Waals surface area (Å²) in [7, 11) is 0. The molecule has 19 heavy (non-hydrogen) atoms. The van der Waals surface area contributed by atoms with Gasteiger partial charge in [0, 0.05) is 19.9 Å². The maximum absolute atomic E-state index is 13.3. The van der Waals surface area contributed by atoms with Gasteiger partial charge in [-0.1, -0.05) is 18.6 Å². The smallest absolute Gasteiger partial charge is 0.224 e. The van der Waals surface area contributed by atoms with Gasteiger partial charge < -0.3 is 10.6 Å². The van der Waals surface area contributed by atoms with E-state index in [0.717, 1.165) is 19.3 Å². The summed E-state index contributed by atoms with van der Waals surface area (Å²) < 4.78 is 13.3. The van der Waals surface area contributed by atoms with E-state index in [2.05, 4.69) is 10.6 Å². The predicted octanol–water partition coefficient (Wildman–Crippen LogP) is 2.46. The molecule has 2 amide bonds. The molecule has 0 aliphatic heterocycles. The van der Waals surface area contributed by atoms with Crippen molar-refractivity contribution in [1.29, 1.82) is 0 Å². The second kappa shape index (κ2) is 8.24. The Bertz CT molecular complexity index is 435. The molecule has 1 rings (SSSR count). The van der Waals surface area contributed by atoms with Crippen LogP contribution in [0.4, 0.5) is 10.1 Å². The fourth-order valence-electron chi connectivity index (χ4n) is 1.63. The van der Waals surface area contributed by atoms with E-state index in [-0.39, 0.29) is 17.5 Å². The average Bonchev–Trinajstić information content (AvgIpc) is 2.36. The summed E-state index contributed by atoms with van der Waals surface area (Å²) >= 11 is 0. The van der Waals surface area contributed by atoms with Gasteiger partial charge in [0.15, 0.2) is 0 Å². The minimum atomic E-state index is -0.429. The second-order valence-electron chi connectivity index (χ2n) is 4.32. The summed E-state index contributed by atoms with van der Waals surface area (Å²) in [6, 6.07) is 6.09. The second-order valence-corrected chi connectivity index (χ2v) is 4.32. The van der Waals surface area contributed by atoms with Crippen LogP contribution >= 0.6 is 0 Å². The molecule has 5 heteroatoms. The van der Waals surface area contributed by atoms with E-state index in [0.29, 0.717) is 13.0 Å². The molecule has 0 saturated carbocycles. The SMILES string of the molecule is CC(=O)NCCCCCC(=O)Nc1ccccc1F. The molecule has 0 bridgehead atoms. The van der Waals surface area contributed by atoms with E-state index in [1.807, 2.05) is 0 Å². The van der Waals surface area contributed by atoms with Crippen LogP contribution in [0.1, 0.15) is 32.6 Å². The molecule has 0 saturated heterocycles. The van der Waals surface area contributed by atoms with Crippen LogP contribution in [-0.2, 0) is 9.59 Å². The number of rotatable bonds is 7. The third kappa shape index (κ3) is 6.55. The molecule has 4 nitrogen and oxygen atoms in total. The lowest BCUT2D eigenvalue weighted by molar-refractivity contribution is -0.119. The van der Waals surface area contributed by atoms with Gasteiger partial charge >= 0.3 is 0 Å². The summed E-state index contributed by atoms with van der Waals surface area (Å²) in [5.74, 6) is -0.663. The molecular formula is C14H19FN2O2. The maximum Gasteiger partial charge on any atom is 0.224 e. The first-order valence-electron chi connectivity index (χ1n) is 6.38. The molecule has 2 N–H and O–H groups in total. The van der Waals surface area contributed by atoms with Crippen molar-refractivity contribution in [2.45, 2.75) is 32.6 Å². The van der Waals surface area contributed by atoms with Crippen molar-refractivity contribution in [3.63, 3.8) is 0 Å². The Kier molecular flexibility index (Phi) is 6.57. The number of hydrogen-bond acceptors (Lipinski definition) is 2. The van der Waals surface area contributed by atoms with Gasteiger partial charge in [-0.05, 0) is 25.0 Å². The summed E-state index contributed by atoms with van der Waals surface area (Å²) in [6.45, 7) is 2.10. The van der Waals surface area contributed by atoms with Crippen LogP contribution in [0.2, 0.25) is 0 Å². The molecule has 0 aliphatic carbocycles. The van der Waals surface area contributed by atoms with E-state index >= 15 is 0 Å². The number of halogens is 1. The summed E-state index contributed by atoms with van der Waals surface area (Å²) in [6.07, 6.45) is 2.77. The van der Waals surface area contributed by atoms with E-state index < -0.39 is 5.82 Å². The Hall–Kier alpha value is -1.91. The lowest BCUT2D eigenvalue weighted by Crippen LogP contribution is -2.20. The number of para-hydroxylation sites is 1. The molecule has 0 unspecified atom stereocenters. The van der Waals surface area contributed by atoms with Gasteiger partial charge in [-0.15, -0.1) is 0 Å². The predicted molar refractivity (Wildman–Crippen MR) is 72.2 cm³/mol. The molecule has 0 radical (unpaired) electrons. The topological polar surface area (TPSA) is 58.2 Å². The first kappa shape index (κ1) is 15.1. The first-order chi connectivity index (χ1) is 9.09. The Labute approximate surface area is 112 Å². The van der Waals surface area contributed by atoms with Crippen LogP contribution in [0.3, 0.4) is 0 Å². The van der Waals surface area contributed by atoms with E-state index in [1.165, 1.54) is 19.1 Å². The highest BCUT2D eigenvalue weighted by atomic mass is 19.1. The fourth-order valence-corrected chi connectivity index (χ4v) is 1.63. The summed E-state index contributed by atoms with van der Waals surface area (Å²) in [4.78, 5) is 22.2. The van der Waals surface area contributed by atoms with Gasteiger partial charge in [0.05, 0.1) is 5.69 Å². The van der Waals surface area contributed by atoms with E-state index in [4.69, 9.17) is 0 Å². The monoisotopic (exact) mass is 266 g/mol. The van der Waals surface area contributed by atoms with Gasteiger partial charge in [-0.3, -0.25) is 9.59 Å². The lowest BCUT2D eigenvalue weighted by Gasteiger charge is -2.06. The van der Waals surface area contributed by atoms with E-state index in [1.54, 1.807) is 12.1 Å². The van der Waals surface area contributed by atoms with Crippen molar-refractivity contribution in [3.05, 3.63) is 30.1 Å². The van der Waals surface area contributed by atoms with Crippen molar-refractivity contribution in [2.24, 2.45) is 0 Å². The Morgan fingerprint density at radius 3 is 2.58 bits per heavy atom. The third-order valence-electron chi connectivity index (χ3n) is 2.60. The highest BCUT2D eigenvalue weighted by Crippen LogP contribution is 2.13. The zero-order valence-corrected chi connectivity index (χ0v) is 11.0. The molecule has 0 fully saturated rings. The zero-order chi connectivity index (χ0) is 14.1. The molecule has 0 heterocycles. The largest absolute Gasteiger partial charge is 0.356 e. The molecule has 0 aromatic heterocycles. The number of unbranched alkanes of at least 4 members (excludes halogenated alkanes) is 2. The normalized spacial score (nSPS) is 10.0. The molecule has 0 atom stereocenters. The van der Waals surface area contributed by atoms with Crippen molar-refractivity contribution < 1.29 is 14.0 Å². The zero-order valence-electron chi connectivity index (χ0n) is 11.0. The average molecular weight is 266 g/mol. The van der Waals surface area contributed by atoms with Crippen molar-refractivity contribution in [3.8, 4) is 0 Å². The summed E-state index contributed by atoms with van der Waals surface area (Å²) in [5.41, 5.74) is 0.214. The number of amides is 2. The Morgan fingerprint density at radius 1 is 1.16 bits per heavy atom. The van der Waals surface area contributed by atoms with Gasteiger partial charge in [-0.2, -0.15) is 0 Å². The van der Waals surface area contributed by atoms with Crippen LogP contribution in [0.25, 0.3) is 0 Å². The number of anilines is 1. The Balaban J connectivity index is 2.15. The minimum Gasteiger partial charge on any atom is -0.356 e. The van der Waals surface area contributed by atoms with Crippen LogP contribution < -0.4 is 10.6 Å². The van der Waals surface area contributed by atoms with Crippen LogP contribution in [0.15, 0.2) is 24.3 Å². The molecule has 0 aliphatic rings. The van der Waals surface area contributed by atoms with Gasteiger partial charge in [0.1, 0.15) is 5.82 Å². The van der Waals surface area contributed by atoms with Crippen molar-refractivity contribution in [2.75, 3.05) is 11.9 Å². The molecule has 0 spiro atoms. The highest BCUT2D eigenvalue weighted by molar-refractivity contribution is 5.90. The maximum atomic E-state index is 13.3. The number of carbonyl (C=O) groups excluding carboxylic acids is 2. The Morgan fingerprint density at radius 2 is 1.89 bits per heavy atom. The highest BCUT2D eigenvalue weighted by Gasteiger charge is 2.05. The molecule has 1 aromatic carbocycles. The van der Waals surface area contributed by atoms with Gasteiger partial charge in [-0.25, -0.2) is 4.39 Å². The third-order valence-corrected chi connectivity index (χ3v) is 2.60. The number of benzene rings is 1. The standard InChI is InChI=1S/C14H19FN2O2/c1-11(18)16-10-6-2-3-9-14(19)17-13-8-5-4-7-12(13)15/h4-5,7-8H,2-3,6,9-10H2,1H3,(H,16,18)(H,17,19). The van der Waals surface area contributed by atoms with Crippen molar-refractivity contribution >= 4 is 17.5 Å². The molecule has 1 aromatic rings.